The standard InChI is InChI=1S/C15H18N2O/c1-2-13(16)9-12-8-11-5-3-4-10-6-7-17(14(10)11)15(12)18/h3-5,8,13H,2,6-7,9,16H2,1H3. The predicted octanol–water partition coefficient (Wildman–Crippen LogP) is 1.84. The van der Waals surface area contributed by atoms with Crippen molar-refractivity contribution in [2.45, 2.75) is 38.8 Å². The second kappa shape index (κ2) is 4.25. The number of aryl methyl sites for hydroxylation is 2. The molecule has 0 spiro atoms. The van der Waals surface area contributed by atoms with E-state index >= 15 is 0 Å². The summed E-state index contributed by atoms with van der Waals surface area (Å²) >= 11 is 0. The Morgan fingerprint density at radius 2 is 2.28 bits per heavy atom. The fraction of sp³-hybridized carbons (Fsp3) is 0.400. The number of nitrogens with zero attached hydrogens (tertiary/aromatic N) is 1. The highest BCUT2D eigenvalue weighted by Gasteiger charge is 2.18. The molecule has 2 N–H and O–H groups in total. The Kier molecular flexibility index (Phi) is 2.71. The monoisotopic (exact) mass is 242 g/mol. The van der Waals surface area contributed by atoms with Crippen LogP contribution < -0.4 is 11.3 Å². The van der Waals surface area contributed by atoms with E-state index in [1.54, 1.807) is 0 Å². The summed E-state index contributed by atoms with van der Waals surface area (Å²) in [5, 5.41) is 1.17. The van der Waals surface area contributed by atoms with Gasteiger partial charge in [0.25, 0.3) is 5.56 Å². The summed E-state index contributed by atoms with van der Waals surface area (Å²) in [6.45, 7) is 2.87. The van der Waals surface area contributed by atoms with Gasteiger partial charge in [-0.1, -0.05) is 25.1 Å². The molecule has 1 atom stereocenters. The Hall–Kier alpha value is -1.61. The Morgan fingerprint density at radius 3 is 3.06 bits per heavy atom. The number of pyridine rings is 1. The average molecular weight is 242 g/mol. The lowest BCUT2D eigenvalue weighted by Gasteiger charge is -2.11. The van der Waals surface area contributed by atoms with Crippen LogP contribution in [-0.2, 0) is 19.4 Å². The fourth-order valence-corrected chi connectivity index (χ4v) is 2.80. The van der Waals surface area contributed by atoms with Crippen molar-refractivity contribution in [1.82, 2.24) is 4.57 Å². The summed E-state index contributed by atoms with van der Waals surface area (Å²) in [5.41, 5.74) is 9.39. The Balaban J connectivity index is 2.20. The van der Waals surface area contributed by atoms with Gasteiger partial charge in [0.05, 0.1) is 5.52 Å². The van der Waals surface area contributed by atoms with Gasteiger partial charge in [0, 0.05) is 18.2 Å². The van der Waals surface area contributed by atoms with E-state index in [1.165, 1.54) is 10.9 Å². The quantitative estimate of drug-likeness (QED) is 0.892. The molecule has 2 aromatic rings. The van der Waals surface area contributed by atoms with Gasteiger partial charge in [-0.2, -0.15) is 0 Å². The molecule has 3 rings (SSSR count). The van der Waals surface area contributed by atoms with Crippen LogP contribution in [0.15, 0.2) is 29.1 Å². The molecule has 0 bridgehead atoms. The molecule has 94 valence electrons. The molecule has 1 aliphatic heterocycles. The van der Waals surface area contributed by atoms with Crippen molar-refractivity contribution < 1.29 is 0 Å². The van der Waals surface area contributed by atoms with Gasteiger partial charge in [-0.3, -0.25) is 4.79 Å². The highest BCUT2D eigenvalue weighted by molar-refractivity contribution is 5.84. The SMILES string of the molecule is CCC(N)Cc1cc2cccc3c2n(c1=O)CC3. The topological polar surface area (TPSA) is 48.0 Å². The van der Waals surface area contributed by atoms with Gasteiger partial charge in [0.2, 0.25) is 0 Å². The molecule has 1 aromatic carbocycles. The van der Waals surface area contributed by atoms with Gasteiger partial charge < -0.3 is 10.3 Å². The second-order valence-electron chi connectivity index (χ2n) is 5.10. The summed E-state index contributed by atoms with van der Waals surface area (Å²) < 4.78 is 1.92. The van der Waals surface area contributed by atoms with Crippen LogP contribution in [0, 0.1) is 0 Å². The van der Waals surface area contributed by atoms with E-state index in [0.29, 0.717) is 6.42 Å². The van der Waals surface area contributed by atoms with Crippen LogP contribution in [-0.4, -0.2) is 10.6 Å². The minimum absolute atomic E-state index is 0.0764. The number of para-hydroxylation sites is 1. The molecule has 0 saturated carbocycles. The maximum atomic E-state index is 12.4. The average Bonchev–Trinajstić information content (AvgIpc) is 2.81. The second-order valence-corrected chi connectivity index (χ2v) is 5.10. The zero-order valence-electron chi connectivity index (χ0n) is 10.6. The van der Waals surface area contributed by atoms with E-state index in [1.807, 2.05) is 10.6 Å². The van der Waals surface area contributed by atoms with Crippen LogP contribution in [0.2, 0.25) is 0 Å². The molecule has 18 heavy (non-hydrogen) atoms. The number of rotatable bonds is 3. The fourth-order valence-electron chi connectivity index (χ4n) is 2.80. The minimum atomic E-state index is 0.0764. The van der Waals surface area contributed by atoms with Crippen molar-refractivity contribution in [1.29, 1.82) is 0 Å². The molecule has 0 radical (unpaired) electrons. The third-order valence-corrected chi connectivity index (χ3v) is 3.88. The van der Waals surface area contributed by atoms with Crippen molar-refractivity contribution in [2.24, 2.45) is 5.73 Å². The summed E-state index contributed by atoms with van der Waals surface area (Å²) in [5.74, 6) is 0. The summed E-state index contributed by atoms with van der Waals surface area (Å²) in [6, 6.07) is 8.37. The maximum absolute atomic E-state index is 12.4. The van der Waals surface area contributed by atoms with E-state index in [2.05, 4.69) is 25.1 Å². The van der Waals surface area contributed by atoms with Crippen molar-refractivity contribution in [3.63, 3.8) is 0 Å². The number of nitrogens with two attached hydrogens (primary N) is 1. The van der Waals surface area contributed by atoms with Crippen LogP contribution >= 0.6 is 0 Å². The summed E-state index contributed by atoms with van der Waals surface area (Å²) in [7, 11) is 0. The molecule has 2 heterocycles. The van der Waals surface area contributed by atoms with Gasteiger partial charge in [-0.25, -0.2) is 0 Å². The highest BCUT2D eigenvalue weighted by Crippen LogP contribution is 2.24. The third kappa shape index (κ3) is 1.66. The first-order valence-electron chi connectivity index (χ1n) is 6.60. The third-order valence-electron chi connectivity index (χ3n) is 3.88. The van der Waals surface area contributed by atoms with Gasteiger partial charge in [0.15, 0.2) is 0 Å². The molecular weight excluding hydrogens is 224 g/mol. The first kappa shape index (κ1) is 11.5. The van der Waals surface area contributed by atoms with Crippen LogP contribution in [0.3, 0.4) is 0 Å². The first-order valence-corrected chi connectivity index (χ1v) is 6.60. The van der Waals surface area contributed by atoms with Crippen LogP contribution in [0.4, 0.5) is 0 Å². The smallest absolute Gasteiger partial charge is 0.254 e. The zero-order chi connectivity index (χ0) is 12.7. The van der Waals surface area contributed by atoms with Gasteiger partial charge in [0.1, 0.15) is 0 Å². The van der Waals surface area contributed by atoms with E-state index < -0.39 is 0 Å². The van der Waals surface area contributed by atoms with Crippen LogP contribution in [0.5, 0.6) is 0 Å². The lowest BCUT2D eigenvalue weighted by molar-refractivity contribution is 0.634. The molecule has 0 fully saturated rings. The minimum Gasteiger partial charge on any atom is -0.327 e. The molecule has 0 amide bonds. The van der Waals surface area contributed by atoms with Crippen molar-refractivity contribution >= 4 is 10.9 Å². The Bertz CT molecular complexity index is 657. The number of benzene rings is 1. The van der Waals surface area contributed by atoms with E-state index in [4.69, 9.17) is 5.73 Å². The van der Waals surface area contributed by atoms with Gasteiger partial charge >= 0.3 is 0 Å². The molecule has 0 saturated heterocycles. The van der Waals surface area contributed by atoms with Crippen LogP contribution in [0.25, 0.3) is 10.9 Å². The van der Waals surface area contributed by atoms with Gasteiger partial charge in [-0.15, -0.1) is 0 Å². The summed E-state index contributed by atoms with van der Waals surface area (Å²) in [4.78, 5) is 12.4. The maximum Gasteiger partial charge on any atom is 0.254 e. The van der Waals surface area contributed by atoms with Crippen molar-refractivity contribution in [3.05, 3.63) is 45.7 Å². The largest absolute Gasteiger partial charge is 0.327 e. The van der Waals surface area contributed by atoms with E-state index in [0.717, 1.165) is 30.5 Å². The molecule has 3 heteroatoms. The zero-order valence-corrected chi connectivity index (χ0v) is 10.6. The number of hydrogen-bond acceptors (Lipinski definition) is 2. The number of hydrogen-bond donors (Lipinski definition) is 1. The number of aromatic nitrogens is 1. The van der Waals surface area contributed by atoms with Crippen molar-refractivity contribution in [2.75, 3.05) is 0 Å². The summed E-state index contributed by atoms with van der Waals surface area (Å²) in [6.07, 6.45) is 2.54. The normalized spacial score (nSPS) is 15.2. The highest BCUT2D eigenvalue weighted by atomic mass is 16.1. The van der Waals surface area contributed by atoms with Crippen molar-refractivity contribution in [3.8, 4) is 0 Å². The molecule has 0 aliphatic carbocycles. The molecule has 1 unspecified atom stereocenters. The lowest BCUT2D eigenvalue weighted by atomic mass is 10.0. The van der Waals surface area contributed by atoms with E-state index in [-0.39, 0.29) is 11.6 Å². The Morgan fingerprint density at radius 1 is 1.44 bits per heavy atom. The van der Waals surface area contributed by atoms with E-state index in [9.17, 15) is 4.79 Å². The lowest BCUT2D eigenvalue weighted by Crippen LogP contribution is -2.29. The molecular formula is C15H18N2O. The first-order chi connectivity index (χ1) is 8.70. The molecule has 3 nitrogen and oxygen atoms in total. The predicted molar refractivity (Wildman–Crippen MR) is 73.9 cm³/mol. The molecule has 1 aromatic heterocycles. The Labute approximate surface area is 106 Å². The van der Waals surface area contributed by atoms with Crippen LogP contribution in [0.1, 0.15) is 24.5 Å². The molecule has 1 aliphatic rings. The van der Waals surface area contributed by atoms with Gasteiger partial charge in [-0.05, 0) is 36.3 Å².